The molecule has 0 radical (unpaired) electrons. The van der Waals surface area contributed by atoms with Gasteiger partial charge in [0.25, 0.3) is 5.91 Å². The Morgan fingerprint density at radius 1 is 1.10 bits per heavy atom. The van der Waals surface area contributed by atoms with Crippen LogP contribution < -0.4 is 24.2 Å². The van der Waals surface area contributed by atoms with E-state index >= 15 is 0 Å². The quantitative estimate of drug-likeness (QED) is 0.657. The largest absolute Gasteiger partial charge is 0.481 e. The van der Waals surface area contributed by atoms with Gasteiger partial charge in [0.15, 0.2) is 0 Å². The van der Waals surface area contributed by atoms with Crippen molar-refractivity contribution in [3.05, 3.63) is 35.6 Å². The number of hydrogen-bond donors (Lipinski definition) is 2. The molecule has 0 aliphatic carbocycles. The summed E-state index contributed by atoms with van der Waals surface area (Å²) in [4.78, 5) is 34.0. The first-order chi connectivity index (χ1) is 14.0. The summed E-state index contributed by atoms with van der Waals surface area (Å²) >= 11 is 0. The highest BCUT2D eigenvalue weighted by Gasteiger charge is 2.31. The molecule has 0 aliphatic rings. The van der Waals surface area contributed by atoms with Crippen LogP contribution >= 0.6 is 0 Å². The zero-order chi connectivity index (χ0) is 22.6. The molecule has 3 amide bonds. The summed E-state index contributed by atoms with van der Waals surface area (Å²) < 4.78 is 48.1. The highest BCUT2D eigenvalue weighted by molar-refractivity contribution is 7.91. The summed E-state index contributed by atoms with van der Waals surface area (Å²) in [6.45, 7) is 0. The van der Waals surface area contributed by atoms with Crippen LogP contribution in [0.3, 0.4) is 0 Å². The molecule has 0 unspecified atom stereocenters. The predicted octanol–water partition coefficient (Wildman–Crippen LogP) is 0.577. The molecule has 2 rings (SSSR count). The number of carbonyl (C=O) groups excluding carboxylic acids is 2. The third-order valence-electron chi connectivity index (χ3n) is 3.57. The Hall–Kier alpha value is -3.52. The van der Waals surface area contributed by atoms with Gasteiger partial charge in [-0.3, -0.25) is 10.1 Å². The van der Waals surface area contributed by atoms with Crippen LogP contribution in [-0.4, -0.2) is 63.5 Å². The van der Waals surface area contributed by atoms with Crippen LogP contribution in [0.5, 0.6) is 11.8 Å². The molecule has 3 N–H and O–H groups in total. The molecule has 0 aliphatic heterocycles. The minimum atomic E-state index is -4.75. The zero-order valence-corrected chi connectivity index (χ0v) is 17.2. The first-order valence-electron chi connectivity index (χ1n) is 8.10. The molecule has 2 aromatic rings. The Labute approximate surface area is 171 Å². The number of ether oxygens (including phenoxy) is 2. The van der Waals surface area contributed by atoms with Crippen LogP contribution in [0.2, 0.25) is 0 Å². The fourth-order valence-corrected chi connectivity index (χ4v) is 2.99. The molecule has 0 saturated carbocycles. The molecular formula is C16H19FN6O6S. The lowest BCUT2D eigenvalue weighted by molar-refractivity contribution is 0.0828. The second-order valence-corrected chi connectivity index (χ2v) is 7.27. The summed E-state index contributed by atoms with van der Waals surface area (Å²) in [5.74, 6) is -1.91. The molecule has 14 heteroatoms. The number of amides is 3. The van der Waals surface area contributed by atoms with E-state index in [1.807, 2.05) is 0 Å². The summed E-state index contributed by atoms with van der Waals surface area (Å²) in [5.41, 5.74) is -0.877. The summed E-state index contributed by atoms with van der Waals surface area (Å²) in [5, 5.41) is 7.32. The fourth-order valence-electron chi connectivity index (χ4n) is 2.27. The molecule has 0 atom stereocenters. The van der Waals surface area contributed by atoms with E-state index in [1.54, 1.807) is 0 Å². The number of nitrogens with two attached hydrogens (primary N) is 1. The summed E-state index contributed by atoms with van der Waals surface area (Å²) in [7, 11) is 0.601. The van der Waals surface area contributed by atoms with Gasteiger partial charge in [0.2, 0.25) is 17.7 Å². The van der Waals surface area contributed by atoms with Gasteiger partial charge in [0.05, 0.1) is 31.5 Å². The number of methoxy groups -OCH3 is 2. The van der Waals surface area contributed by atoms with E-state index in [2.05, 4.69) is 15.3 Å². The maximum absolute atomic E-state index is 13.7. The van der Waals surface area contributed by atoms with E-state index in [4.69, 9.17) is 14.6 Å². The van der Waals surface area contributed by atoms with Crippen molar-refractivity contribution < 1.29 is 31.9 Å². The normalized spacial score (nSPS) is 10.9. The van der Waals surface area contributed by atoms with E-state index in [9.17, 15) is 22.4 Å². The lowest BCUT2D eigenvalue weighted by atomic mass is 10.1. The Morgan fingerprint density at radius 2 is 1.67 bits per heavy atom. The van der Waals surface area contributed by atoms with Crippen molar-refractivity contribution in [1.82, 2.24) is 14.9 Å². The molecular weight excluding hydrogens is 423 g/mol. The average molecular weight is 442 g/mol. The number of nitrogens with one attached hydrogen (secondary N) is 1. The van der Waals surface area contributed by atoms with Crippen molar-refractivity contribution in [3.63, 3.8) is 0 Å². The fraction of sp³-hybridized carbons (Fsp3) is 0.250. The third kappa shape index (κ3) is 5.09. The Kier molecular flexibility index (Phi) is 6.73. The summed E-state index contributed by atoms with van der Waals surface area (Å²) in [6, 6.07) is 2.59. The highest BCUT2D eigenvalue weighted by Crippen LogP contribution is 2.26. The molecule has 162 valence electrons. The van der Waals surface area contributed by atoms with Gasteiger partial charge < -0.3 is 14.4 Å². The molecule has 0 saturated heterocycles. The van der Waals surface area contributed by atoms with E-state index in [-0.39, 0.29) is 22.0 Å². The standard InChI is InChI=1S/C16H19FN6O6S/c1-22(2)14(24)10-7-9(17)5-6-11(10)23(30(18,26)27)16(25)21-15-19-12(28-3)8-13(20-15)29-4/h5-8H,1-4H3,(H2,18,26,27)(H,19,20,21,25). The topological polar surface area (TPSA) is 157 Å². The molecule has 30 heavy (non-hydrogen) atoms. The van der Waals surface area contributed by atoms with Crippen LogP contribution in [0.1, 0.15) is 10.4 Å². The number of nitrogens with zero attached hydrogens (tertiary/aromatic N) is 4. The minimum Gasteiger partial charge on any atom is -0.481 e. The number of hydrogen-bond acceptors (Lipinski definition) is 8. The second kappa shape index (κ2) is 8.87. The van der Waals surface area contributed by atoms with E-state index in [0.717, 1.165) is 23.1 Å². The van der Waals surface area contributed by atoms with Crippen LogP contribution in [0, 0.1) is 5.82 Å². The van der Waals surface area contributed by atoms with Crippen LogP contribution in [-0.2, 0) is 10.2 Å². The van der Waals surface area contributed by atoms with Crippen LogP contribution in [0.4, 0.5) is 20.8 Å². The first kappa shape index (κ1) is 22.8. The molecule has 1 aromatic carbocycles. The van der Waals surface area contributed by atoms with Gasteiger partial charge in [0, 0.05) is 14.1 Å². The highest BCUT2D eigenvalue weighted by atomic mass is 32.2. The van der Waals surface area contributed by atoms with Gasteiger partial charge in [-0.05, 0) is 18.2 Å². The molecule has 0 spiro atoms. The van der Waals surface area contributed by atoms with Crippen LogP contribution in [0.15, 0.2) is 24.3 Å². The number of halogens is 1. The van der Waals surface area contributed by atoms with Gasteiger partial charge in [-0.15, -0.1) is 0 Å². The number of aromatic nitrogens is 2. The molecule has 1 aromatic heterocycles. The minimum absolute atomic E-state index is 0.0181. The van der Waals surface area contributed by atoms with Crippen molar-refractivity contribution >= 4 is 33.8 Å². The van der Waals surface area contributed by atoms with Crippen LogP contribution in [0.25, 0.3) is 0 Å². The third-order valence-corrected chi connectivity index (χ3v) is 4.44. The molecule has 0 fully saturated rings. The monoisotopic (exact) mass is 442 g/mol. The first-order valence-corrected chi connectivity index (χ1v) is 9.60. The Balaban J connectivity index is 2.56. The van der Waals surface area contributed by atoms with Gasteiger partial charge in [0.1, 0.15) is 5.82 Å². The summed E-state index contributed by atoms with van der Waals surface area (Å²) in [6.07, 6.45) is 0. The van der Waals surface area contributed by atoms with Crippen molar-refractivity contribution in [2.24, 2.45) is 5.14 Å². The number of carbonyl (C=O) groups is 2. The molecule has 0 bridgehead atoms. The average Bonchev–Trinajstić information content (AvgIpc) is 2.67. The molecule has 1 heterocycles. The lowest BCUT2D eigenvalue weighted by Crippen LogP contribution is -2.45. The number of anilines is 2. The van der Waals surface area contributed by atoms with Crippen molar-refractivity contribution in [1.29, 1.82) is 0 Å². The number of rotatable bonds is 6. The van der Waals surface area contributed by atoms with Crippen molar-refractivity contribution in [2.45, 2.75) is 0 Å². The maximum atomic E-state index is 13.7. The zero-order valence-electron chi connectivity index (χ0n) is 16.4. The Morgan fingerprint density at radius 3 is 2.13 bits per heavy atom. The Bertz CT molecular complexity index is 1060. The number of benzene rings is 1. The van der Waals surface area contributed by atoms with E-state index in [0.29, 0.717) is 0 Å². The van der Waals surface area contributed by atoms with Gasteiger partial charge >= 0.3 is 16.2 Å². The SMILES string of the molecule is COc1cc(OC)nc(NC(=O)N(c2ccc(F)cc2C(=O)N(C)C)S(N)(=O)=O)n1. The predicted molar refractivity (Wildman–Crippen MR) is 104 cm³/mol. The number of urea groups is 1. The van der Waals surface area contributed by atoms with Gasteiger partial charge in [-0.2, -0.15) is 22.7 Å². The molecule has 12 nitrogen and oxygen atoms in total. The van der Waals surface area contributed by atoms with E-state index in [1.165, 1.54) is 34.4 Å². The van der Waals surface area contributed by atoms with Gasteiger partial charge in [-0.25, -0.2) is 14.3 Å². The lowest BCUT2D eigenvalue weighted by Gasteiger charge is -2.23. The maximum Gasteiger partial charge on any atom is 0.343 e. The van der Waals surface area contributed by atoms with E-state index < -0.39 is 39.2 Å². The van der Waals surface area contributed by atoms with Gasteiger partial charge in [-0.1, -0.05) is 0 Å². The smallest absolute Gasteiger partial charge is 0.343 e. The van der Waals surface area contributed by atoms with Crippen molar-refractivity contribution in [2.75, 3.05) is 37.9 Å². The van der Waals surface area contributed by atoms with Crippen molar-refractivity contribution in [3.8, 4) is 11.8 Å². The second-order valence-electron chi connectivity index (χ2n) is 5.88.